The average molecular weight is 209 g/mol. The highest BCUT2D eigenvalue weighted by Gasteiger charge is 2.24. The summed E-state index contributed by atoms with van der Waals surface area (Å²) >= 11 is 0. The minimum Gasteiger partial charge on any atom is -0.399 e. The molecule has 16 heavy (non-hydrogen) atoms. The molecule has 0 aromatic heterocycles. The van der Waals surface area contributed by atoms with Crippen LogP contribution in [0.4, 0.5) is 5.69 Å². The van der Waals surface area contributed by atoms with Gasteiger partial charge in [0.05, 0.1) is 5.71 Å². The first-order valence-electron chi connectivity index (χ1n) is 5.09. The maximum absolute atomic E-state index is 5.80. The van der Waals surface area contributed by atoms with Crippen molar-refractivity contribution >= 4 is 11.4 Å². The first-order chi connectivity index (χ1) is 7.81. The quantitative estimate of drug-likeness (QED) is 0.337. The first-order valence-corrected chi connectivity index (χ1v) is 5.09. The van der Waals surface area contributed by atoms with Crippen LogP contribution in [-0.4, -0.2) is 5.71 Å². The van der Waals surface area contributed by atoms with Crippen LogP contribution in [0.3, 0.4) is 0 Å². The van der Waals surface area contributed by atoms with Crippen molar-refractivity contribution in [1.82, 2.24) is 0 Å². The Morgan fingerprint density at radius 1 is 0.812 bits per heavy atom. The van der Waals surface area contributed by atoms with Gasteiger partial charge in [-0.3, -0.25) is 0 Å². The normalized spacial score (nSPS) is 14.9. The molecule has 78 valence electrons. The highest BCUT2D eigenvalue weighted by molar-refractivity contribution is 6.24. The van der Waals surface area contributed by atoms with Gasteiger partial charge in [0.1, 0.15) is 0 Å². The summed E-state index contributed by atoms with van der Waals surface area (Å²) in [5.74, 6) is 5.46. The van der Waals surface area contributed by atoms with Crippen molar-refractivity contribution in [3.8, 4) is 11.1 Å². The molecule has 0 atom stereocenters. The Morgan fingerprint density at radius 3 is 2.25 bits per heavy atom. The lowest BCUT2D eigenvalue weighted by molar-refractivity contribution is 1.25. The first kappa shape index (κ1) is 8.97. The van der Waals surface area contributed by atoms with Crippen molar-refractivity contribution in [2.24, 2.45) is 10.9 Å². The van der Waals surface area contributed by atoms with Gasteiger partial charge < -0.3 is 11.6 Å². The van der Waals surface area contributed by atoms with Crippen molar-refractivity contribution in [2.45, 2.75) is 0 Å². The van der Waals surface area contributed by atoms with Gasteiger partial charge in [-0.25, -0.2) is 0 Å². The van der Waals surface area contributed by atoms with Gasteiger partial charge in [-0.05, 0) is 23.3 Å². The number of nitrogens with two attached hydrogens (primary N) is 2. The molecule has 3 rings (SSSR count). The summed E-state index contributed by atoms with van der Waals surface area (Å²) in [7, 11) is 0. The number of hydrogen-bond acceptors (Lipinski definition) is 3. The molecule has 0 fully saturated rings. The van der Waals surface area contributed by atoms with Crippen LogP contribution in [0.15, 0.2) is 47.6 Å². The number of benzene rings is 2. The third-order valence-corrected chi connectivity index (χ3v) is 2.90. The van der Waals surface area contributed by atoms with E-state index in [1.54, 1.807) is 0 Å². The zero-order chi connectivity index (χ0) is 11.1. The molecule has 0 heterocycles. The monoisotopic (exact) mass is 209 g/mol. The molecule has 0 saturated carbocycles. The van der Waals surface area contributed by atoms with E-state index in [0.717, 1.165) is 33.7 Å². The SMILES string of the molecule is NN=C1c2ccccc2-c2cc(N)ccc21. The van der Waals surface area contributed by atoms with Crippen LogP contribution in [0.5, 0.6) is 0 Å². The Hall–Kier alpha value is -2.29. The lowest BCUT2D eigenvalue weighted by Crippen LogP contribution is -2.01. The third kappa shape index (κ3) is 1.05. The summed E-state index contributed by atoms with van der Waals surface area (Å²) < 4.78 is 0. The fraction of sp³-hybridized carbons (Fsp3) is 0. The van der Waals surface area contributed by atoms with Crippen LogP contribution in [0.25, 0.3) is 11.1 Å². The molecule has 0 spiro atoms. The van der Waals surface area contributed by atoms with Crippen LogP contribution in [0.2, 0.25) is 0 Å². The fourth-order valence-corrected chi connectivity index (χ4v) is 2.20. The van der Waals surface area contributed by atoms with Crippen molar-refractivity contribution in [1.29, 1.82) is 0 Å². The van der Waals surface area contributed by atoms with Crippen LogP contribution in [0.1, 0.15) is 11.1 Å². The predicted molar refractivity (Wildman–Crippen MR) is 66.1 cm³/mol. The molecule has 0 aliphatic heterocycles. The molecule has 2 aromatic carbocycles. The van der Waals surface area contributed by atoms with Crippen LogP contribution in [0, 0.1) is 0 Å². The number of fused-ring (bicyclic) bond motifs is 3. The molecule has 0 radical (unpaired) electrons. The fourth-order valence-electron chi connectivity index (χ4n) is 2.20. The lowest BCUT2D eigenvalue weighted by atomic mass is 10.1. The van der Waals surface area contributed by atoms with Gasteiger partial charge in [0, 0.05) is 16.8 Å². The molecule has 1 aliphatic carbocycles. The van der Waals surface area contributed by atoms with E-state index in [2.05, 4.69) is 11.2 Å². The number of nitrogen functional groups attached to an aromatic ring is 1. The Labute approximate surface area is 93.4 Å². The third-order valence-electron chi connectivity index (χ3n) is 2.90. The van der Waals surface area contributed by atoms with Crippen molar-refractivity contribution in [3.63, 3.8) is 0 Å². The van der Waals surface area contributed by atoms with Crippen LogP contribution >= 0.6 is 0 Å². The maximum atomic E-state index is 5.80. The maximum Gasteiger partial charge on any atom is 0.0983 e. The van der Waals surface area contributed by atoms with Crippen molar-refractivity contribution in [2.75, 3.05) is 5.73 Å². The average Bonchev–Trinajstić information content (AvgIpc) is 2.62. The summed E-state index contributed by atoms with van der Waals surface area (Å²) in [5, 5.41) is 3.88. The summed E-state index contributed by atoms with van der Waals surface area (Å²) in [6, 6.07) is 13.9. The number of hydrazone groups is 1. The molecule has 4 N–H and O–H groups in total. The zero-order valence-electron chi connectivity index (χ0n) is 8.64. The van der Waals surface area contributed by atoms with Crippen LogP contribution in [-0.2, 0) is 0 Å². The smallest absolute Gasteiger partial charge is 0.0983 e. The zero-order valence-corrected chi connectivity index (χ0v) is 8.64. The minimum absolute atomic E-state index is 0.756. The largest absolute Gasteiger partial charge is 0.399 e. The topological polar surface area (TPSA) is 64.4 Å². The molecule has 3 heteroatoms. The Balaban J connectivity index is 2.40. The van der Waals surface area contributed by atoms with Crippen molar-refractivity contribution in [3.05, 3.63) is 53.6 Å². The summed E-state index contributed by atoms with van der Waals surface area (Å²) in [4.78, 5) is 0. The minimum atomic E-state index is 0.756. The van der Waals surface area contributed by atoms with Crippen LogP contribution < -0.4 is 11.6 Å². The Bertz CT molecular complexity index is 600. The molecule has 3 nitrogen and oxygen atoms in total. The molecule has 0 unspecified atom stereocenters. The summed E-state index contributed by atoms with van der Waals surface area (Å²) in [6.07, 6.45) is 0. The molecule has 0 bridgehead atoms. The second-order valence-corrected chi connectivity index (χ2v) is 3.83. The highest BCUT2D eigenvalue weighted by atomic mass is 15.1. The summed E-state index contributed by atoms with van der Waals surface area (Å²) in [5.41, 5.74) is 11.8. The van der Waals surface area contributed by atoms with E-state index < -0.39 is 0 Å². The van der Waals surface area contributed by atoms with E-state index in [0.29, 0.717) is 0 Å². The number of nitrogens with zero attached hydrogens (tertiary/aromatic N) is 1. The Kier molecular flexibility index (Phi) is 1.74. The van der Waals surface area contributed by atoms with Crippen molar-refractivity contribution < 1.29 is 0 Å². The molecular weight excluding hydrogens is 198 g/mol. The van der Waals surface area contributed by atoms with Gasteiger partial charge in [0.15, 0.2) is 0 Å². The molecule has 0 amide bonds. The van der Waals surface area contributed by atoms with Gasteiger partial charge in [-0.2, -0.15) is 5.10 Å². The number of anilines is 1. The van der Waals surface area contributed by atoms with E-state index in [1.807, 2.05) is 36.4 Å². The van der Waals surface area contributed by atoms with Gasteiger partial charge in [-0.15, -0.1) is 0 Å². The highest BCUT2D eigenvalue weighted by Crippen LogP contribution is 2.37. The molecule has 2 aromatic rings. The van der Waals surface area contributed by atoms with E-state index >= 15 is 0 Å². The van der Waals surface area contributed by atoms with Gasteiger partial charge in [-0.1, -0.05) is 30.3 Å². The molecule has 0 saturated heterocycles. The van der Waals surface area contributed by atoms with Gasteiger partial charge in [0.2, 0.25) is 0 Å². The second kappa shape index (κ2) is 3.10. The summed E-state index contributed by atoms with van der Waals surface area (Å²) in [6.45, 7) is 0. The Morgan fingerprint density at radius 2 is 1.50 bits per heavy atom. The van der Waals surface area contributed by atoms with E-state index in [1.165, 1.54) is 0 Å². The van der Waals surface area contributed by atoms with Gasteiger partial charge in [0.25, 0.3) is 0 Å². The standard InChI is InChI=1S/C13H11N3/c14-8-5-6-11-12(7-8)9-3-1-2-4-10(9)13(11)16-15/h1-7H,14-15H2. The second-order valence-electron chi connectivity index (χ2n) is 3.83. The van der Waals surface area contributed by atoms with E-state index in [9.17, 15) is 0 Å². The molecule has 1 aliphatic rings. The van der Waals surface area contributed by atoms with E-state index in [4.69, 9.17) is 11.6 Å². The van der Waals surface area contributed by atoms with Gasteiger partial charge >= 0.3 is 0 Å². The number of hydrogen-bond donors (Lipinski definition) is 2. The molecular formula is C13H11N3. The van der Waals surface area contributed by atoms with E-state index in [-0.39, 0.29) is 0 Å². The predicted octanol–water partition coefficient (Wildman–Crippen LogP) is 1.96. The lowest BCUT2D eigenvalue weighted by Gasteiger charge is -2.00. The number of rotatable bonds is 0.